The maximum atomic E-state index is 3.03. The van der Waals surface area contributed by atoms with Gasteiger partial charge in [-0.2, -0.15) is 0 Å². The molecule has 0 saturated carbocycles. The van der Waals surface area contributed by atoms with Crippen molar-refractivity contribution < 1.29 is 11.1 Å². The minimum atomic E-state index is 0.149. The van der Waals surface area contributed by atoms with Gasteiger partial charge in [-0.15, -0.1) is 0 Å². The van der Waals surface area contributed by atoms with Crippen LogP contribution in [0.3, 0.4) is 0 Å². The third kappa shape index (κ3) is 6.57. The SMILES string of the molecule is CCP(CC)c1ccccc1.[Br][Co][Br]. The molecule has 83 valence electrons. The zero-order valence-corrected chi connectivity index (χ0v) is 13.4. The first-order valence-corrected chi connectivity index (χ1v) is 11.3. The number of hydrogen-bond donors (Lipinski definition) is 0. The topological polar surface area (TPSA) is 0 Å². The molecule has 0 aliphatic carbocycles. The summed E-state index contributed by atoms with van der Waals surface area (Å²) >= 11 is 7.12. The Labute approximate surface area is 108 Å². The maximum absolute atomic E-state index is 3.03. The van der Waals surface area contributed by atoms with Crippen LogP contribution in [0.5, 0.6) is 0 Å². The second-order valence-corrected chi connectivity index (χ2v) is 10.7. The van der Waals surface area contributed by atoms with E-state index < -0.39 is 0 Å². The average Bonchev–Trinajstić information content (AvgIpc) is 2.22. The fourth-order valence-electron chi connectivity index (χ4n) is 1.23. The molecule has 1 rings (SSSR count). The van der Waals surface area contributed by atoms with E-state index in [-0.39, 0.29) is 7.92 Å². The summed E-state index contributed by atoms with van der Waals surface area (Å²) in [6.45, 7) is 4.56. The Morgan fingerprint density at radius 2 is 1.50 bits per heavy atom. The summed E-state index contributed by atoms with van der Waals surface area (Å²) in [6, 6.07) is 10.9. The Bertz CT molecular complexity index is 215. The van der Waals surface area contributed by atoms with Crippen molar-refractivity contribution >= 4 is 41.6 Å². The monoisotopic (exact) mass is 383 g/mol. The molecule has 0 radical (unpaired) electrons. The van der Waals surface area contributed by atoms with Gasteiger partial charge in [0, 0.05) is 0 Å². The van der Waals surface area contributed by atoms with E-state index >= 15 is 0 Å². The summed E-state index contributed by atoms with van der Waals surface area (Å²) in [6.07, 6.45) is 2.63. The molecule has 0 spiro atoms. The van der Waals surface area contributed by atoms with Gasteiger partial charge in [-0.25, -0.2) is 0 Å². The van der Waals surface area contributed by atoms with Gasteiger partial charge >= 0.3 is 39.5 Å². The summed E-state index contributed by atoms with van der Waals surface area (Å²) in [5.74, 6) is 0. The van der Waals surface area contributed by atoms with Crippen molar-refractivity contribution in [1.82, 2.24) is 0 Å². The molecule has 0 aromatic heterocycles. The summed E-state index contributed by atoms with van der Waals surface area (Å²) in [7, 11) is 0.149. The van der Waals surface area contributed by atoms with Gasteiger partial charge in [0.1, 0.15) is 0 Å². The molecule has 1 aromatic rings. The molecule has 14 heavy (non-hydrogen) atoms. The van der Waals surface area contributed by atoms with E-state index in [1.165, 1.54) is 12.3 Å². The van der Waals surface area contributed by atoms with E-state index in [1.807, 2.05) is 0 Å². The minimum absolute atomic E-state index is 0.149. The van der Waals surface area contributed by atoms with Crippen molar-refractivity contribution in [3.05, 3.63) is 30.3 Å². The van der Waals surface area contributed by atoms with Crippen LogP contribution in [0.2, 0.25) is 0 Å². The molecule has 0 heterocycles. The summed E-state index contributed by atoms with van der Waals surface area (Å²) in [5.41, 5.74) is 0. The molecule has 0 atom stereocenters. The van der Waals surface area contributed by atoms with Crippen LogP contribution >= 0.6 is 36.3 Å². The third-order valence-electron chi connectivity index (χ3n) is 1.88. The van der Waals surface area contributed by atoms with E-state index in [0.29, 0.717) is 0 Å². The van der Waals surface area contributed by atoms with Gasteiger partial charge in [0.2, 0.25) is 0 Å². The fourth-order valence-corrected chi connectivity index (χ4v) is 3.00. The molecule has 0 nitrogen and oxygen atoms in total. The Hall–Kier alpha value is 1.12. The predicted octanol–water partition coefficient (Wildman–Crippen LogP) is 4.52. The van der Waals surface area contributed by atoms with E-state index in [4.69, 9.17) is 0 Å². The van der Waals surface area contributed by atoms with Crippen LogP contribution in [0.25, 0.3) is 0 Å². The Morgan fingerprint density at radius 3 is 1.86 bits per heavy atom. The van der Waals surface area contributed by atoms with Crippen molar-refractivity contribution in [1.29, 1.82) is 0 Å². The zero-order valence-electron chi connectivity index (χ0n) is 8.34. The van der Waals surface area contributed by atoms with Crippen LogP contribution in [0, 0.1) is 0 Å². The van der Waals surface area contributed by atoms with Crippen molar-refractivity contribution in [3.8, 4) is 0 Å². The summed E-state index contributed by atoms with van der Waals surface area (Å²) < 4.78 is 0. The molecular formula is C10H15Br2CoP. The second-order valence-electron chi connectivity index (χ2n) is 2.56. The second kappa shape index (κ2) is 10.6. The standard InChI is InChI=1S/C10H15P.2BrH.Co/c1-3-11(4-2)10-8-6-5-7-9-10;;;/h5-9H,3-4H2,1-2H3;2*1H;/q;;;+2/p-2. The van der Waals surface area contributed by atoms with Crippen LogP contribution in [0.15, 0.2) is 30.3 Å². The first-order chi connectivity index (χ1) is 6.79. The fraction of sp³-hybridized carbons (Fsp3) is 0.400. The van der Waals surface area contributed by atoms with Gasteiger partial charge in [0.15, 0.2) is 0 Å². The van der Waals surface area contributed by atoms with Gasteiger partial charge in [-0.1, -0.05) is 52.1 Å². The van der Waals surface area contributed by atoms with E-state index in [0.717, 1.165) is 11.1 Å². The van der Waals surface area contributed by atoms with Crippen LogP contribution in [-0.2, 0) is 11.1 Å². The molecule has 0 N–H and O–H groups in total. The van der Waals surface area contributed by atoms with Gasteiger partial charge in [0.05, 0.1) is 0 Å². The Morgan fingerprint density at radius 1 is 1.07 bits per heavy atom. The van der Waals surface area contributed by atoms with Gasteiger partial charge in [-0.3, -0.25) is 0 Å². The first kappa shape index (κ1) is 15.1. The van der Waals surface area contributed by atoms with Crippen LogP contribution in [-0.4, -0.2) is 12.3 Å². The average molecular weight is 385 g/mol. The van der Waals surface area contributed by atoms with Crippen molar-refractivity contribution in [2.75, 3.05) is 12.3 Å². The quantitative estimate of drug-likeness (QED) is 0.672. The zero-order chi connectivity index (χ0) is 10.8. The summed E-state index contributed by atoms with van der Waals surface area (Å²) in [4.78, 5) is 0. The molecule has 1 aromatic carbocycles. The van der Waals surface area contributed by atoms with Gasteiger partial charge < -0.3 is 0 Å². The molecule has 4 heteroatoms. The molecule has 0 bridgehead atoms. The first-order valence-electron chi connectivity index (χ1n) is 4.43. The van der Waals surface area contributed by atoms with E-state index in [9.17, 15) is 0 Å². The Balaban J connectivity index is 0.000000500. The summed E-state index contributed by atoms with van der Waals surface area (Å²) in [5, 5.41) is 1.55. The van der Waals surface area contributed by atoms with Crippen molar-refractivity contribution in [2.45, 2.75) is 13.8 Å². The molecule has 0 saturated heterocycles. The molecular weight excluding hydrogens is 370 g/mol. The molecule has 0 aliphatic rings. The van der Waals surface area contributed by atoms with Gasteiger partial charge in [0.25, 0.3) is 0 Å². The predicted molar refractivity (Wildman–Crippen MR) is 71.9 cm³/mol. The van der Waals surface area contributed by atoms with Crippen LogP contribution in [0.4, 0.5) is 0 Å². The number of benzene rings is 1. The molecule has 0 amide bonds. The number of hydrogen-bond acceptors (Lipinski definition) is 0. The number of rotatable bonds is 3. The molecule has 0 aliphatic heterocycles. The number of halogens is 2. The van der Waals surface area contributed by atoms with Crippen molar-refractivity contribution in [3.63, 3.8) is 0 Å². The third-order valence-corrected chi connectivity index (χ3v) is 4.44. The van der Waals surface area contributed by atoms with E-state index in [1.54, 1.807) is 5.30 Å². The van der Waals surface area contributed by atoms with Crippen LogP contribution < -0.4 is 5.30 Å². The molecule has 0 fully saturated rings. The van der Waals surface area contributed by atoms with Crippen molar-refractivity contribution in [2.24, 2.45) is 0 Å². The van der Waals surface area contributed by atoms with Gasteiger partial charge in [-0.05, 0) is 17.6 Å². The van der Waals surface area contributed by atoms with Crippen LogP contribution in [0.1, 0.15) is 13.8 Å². The Kier molecular flexibility index (Phi) is 11.5. The van der Waals surface area contributed by atoms with E-state index in [2.05, 4.69) is 72.5 Å². The molecule has 0 unspecified atom stereocenters. The normalized spacial score (nSPS) is 9.79.